The quantitative estimate of drug-likeness (QED) is 0.612. The van der Waals surface area contributed by atoms with Crippen LogP contribution in [-0.2, 0) is 4.79 Å². The fourth-order valence-corrected chi connectivity index (χ4v) is 2.22. The normalized spacial score (nSPS) is 15.3. The van der Waals surface area contributed by atoms with E-state index in [0.717, 1.165) is 32.7 Å². The van der Waals surface area contributed by atoms with E-state index in [1.54, 1.807) is 24.3 Å². The molecule has 7 heteroatoms. The van der Waals surface area contributed by atoms with Crippen molar-refractivity contribution in [3.63, 3.8) is 0 Å². The van der Waals surface area contributed by atoms with Crippen LogP contribution >= 0.6 is 0 Å². The molecule has 1 aromatic carbocycles. The first kappa shape index (κ1) is 16.3. The SMILES string of the molecule is NC(=O)COc1ccc(C(=O)NCCN2CCNCC2)cc1. The van der Waals surface area contributed by atoms with Crippen molar-refractivity contribution in [3.8, 4) is 5.75 Å². The second kappa shape index (κ2) is 8.35. The van der Waals surface area contributed by atoms with Gasteiger partial charge in [-0.15, -0.1) is 0 Å². The monoisotopic (exact) mass is 306 g/mol. The summed E-state index contributed by atoms with van der Waals surface area (Å²) in [6.07, 6.45) is 0. The van der Waals surface area contributed by atoms with Crippen LogP contribution in [0, 0.1) is 0 Å². The molecule has 4 N–H and O–H groups in total. The molecule has 22 heavy (non-hydrogen) atoms. The molecule has 0 saturated carbocycles. The van der Waals surface area contributed by atoms with Gasteiger partial charge in [-0.3, -0.25) is 14.5 Å². The van der Waals surface area contributed by atoms with Gasteiger partial charge in [0.2, 0.25) is 0 Å². The lowest BCUT2D eigenvalue weighted by Gasteiger charge is -2.27. The lowest BCUT2D eigenvalue weighted by Crippen LogP contribution is -2.46. The number of hydrogen-bond donors (Lipinski definition) is 3. The molecule has 0 bridgehead atoms. The number of ether oxygens (including phenoxy) is 1. The Bertz CT molecular complexity index is 498. The van der Waals surface area contributed by atoms with Crippen LogP contribution in [-0.4, -0.2) is 62.6 Å². The molecule has 1 saturated heterocycles. The van der Waals surface area contributed by atoms with Gasteiger partial charge in [0.05, 0.1) is 0 Å². The number of rotatable bonds is 7. The Kier molecular flexibility index (Phi) is 6.17. The van der Waals surface area contributed by atoms with Gasteiger partial charge in [0.25, 0.3) is 11.8 Å². The first-order chi connectivity index (χ1) is 10.6. The van der Waals surface area contributed by atoms with Gasteiger partial charge in [0, 0.05) is 44.8 Å². The summed E-state index contributed by atoms with van der Waals surface area (Å²) >= 11 is 0. The van der Waals surface area contributed by atoms with Gasteiger partial charge >= 0.3 is 0 Å². The molecule has 0 spiro atoms. The van der Waals surface area contributed by atoms with Crippen molar-refractivity contribution in [1.82, 2.24) is 15.5 Å². The van der Waals surface area contributed by atoms with Gasteiger partial charge < -0.3 is 21.1 Å². The Hall–Kier alpha value is -2.12. The molecular weight excluding hydrogens is 284 g/mol. The molecule has 1 aromatic rings. The van der Waals surface area contributed by atoms with Crippen LogP contribution in [0.2, 0.25) is 0 Å². The first-order valence-corrected chi connectivity index (χ1v) is 7.37. The van der Waals surface area contributed by atoms with Crippen molar-refractivity contribution in [2.75, 3.05) is 45.9 Å². The summed E-state index contributed by atoms with van der Waals surface area (Å²) in [5.74, 6) is -0.137. The number of primary amides is 1. The predicted octanol–water partition coefficient (Wildman–Crippen LogP) is -0.814. The van der Waals surface area contributed by atoms with Crippen molar-refractivity contribution in [3.05, 3.63) is 29.8 Å². The van der Waals surface area contributed by atoms with Crippen LogP contribution < -0.4 is 21.1 Å². The van der Waals surface area contributed by atoms with E-state index in [1.165, 1.54) is 0 Å². The molecule has 2 amide bonds. The number of nitrogens with two attached hydrogens (primary N) is 1. The molecule has 120 valence electrons. The molecule has 0 aliphatic carbocycles. The summed E-state index contributed by atoms with van der Waals surface area (Å²) in [5.41, 5.74) is 5.56. The molecule has 0 aromatic heterocycles. The smallest absolute Gasteiger partial charge is 0.255 e. The van der Waals surface area contributed by atoms with Crippen LogP contribution in [0.3, 0.4) is 0 Å². The van der Waals surface area contributed by atoms with Gasteiger partial charge in [-0.1, -0.05) is 0 Å². The number of benzene rings is 1. The highest BCUT2D eigenvalue weighted by atomic mass is 16.5. The van der Waals surface area contributed by atoms with Crippen molar-refractivity contribution < 1.29 is 14.3 Å². The second-order valence-electron chi connectivity index (χ2n) is 5.13. The van der Waals surface area contributed by atoms with Crippen molar-refractivity contribution in [2.24, 2.45) is 5.73 Å². The molecular formula is C15H22N4O3. The predicted molar refractivity (Wildman–Crippen MR) is 82.8 cm³/mol. The van der Waals surface area contributed by atoms with Gasteiger partial charge in [-0.2, -0.15) is 0 Å². The summed E-state index contributed by atoms with van der Waals surface area (Å²) in [6, 6.07) is 6.62. The summed E-state index contributed by atoms with van der Waals surface area (Å²) < 4.78 is 5.14. The Morgan fingerprint density at radius 3 is 2.55 bits per heavy atom. The number of nitrogens with one attached hydrogen (secondary N) is 2. The van der Waals surface area contributed by atoms with Crippen molar-refractivity contribution in [2.45, 2.75) is 0 Å². The highest BCUT2D eigenvalue weighted by molar-refractivity contribution is 5.94. The Morgan fingerprint density at radius 2 is 1.91 bits per heavy atom. The maximum atomic E-state index is 12.0. The van der Waals surface area contributed by atoms with Gasteiger partial charge in [0.15, 0.2) is 6.61 Å². The zero-order chi connectivity index (χ0) is 15.8. The van der Waals surface area contributed by atoms with Crippen LogP contribution in [0.5, 0.6) is 5.75 Å². The second-order valence-corrected chi connectivity index (χ2v) is 5.13. The van der Waals surface area contributed by atoms with Gasteiger partial charge in [-0.05, 0) is 24.3 Å². The Labute approximate surface area is 129 Å². The number of carbonyl (C=O) groups excluding carboxylic acids is 2. The third kappa shape index (κ3) is 5.34. The lowest BCUT2D eigenvalue weighted by molar-refractivity contribution is -0.119. The molecule has 1 aliphatic heterocycles. The van der Waals surface area contributed by atoms with E-state index >= 15 is 0 Å². The minimum atomic E-state index is -0.533. The summed E-state index contributed by atoms with van der Waals surface area (Å²) in [4.78, 5) is 24.9. The van der Waals surface area contributed by atoms with E-state index in [1.807, 2.05) is 0 Å². The van der Waals surface area contributed by atoms with E-state index < -0.39 is 5.91 Å². The summed E-state index contributed by atoms with van der Waals surface area (Å²) in [7, 11) is 0. The van der Waals surface area contributed by atoms with Crippen LogP contribution in [0.15, 0.2) is 24.3 Å². The van der Waals surface area contributed by atoms with Crippen LogP contribution in [0.1, 0.15) is 10.4 Å². The maximum absolute atomic E-state index is 12.0. The average molecular weight is 306 g/mol. The Balaban J connectivity index is 1.73. The maximum Gasteiger partial charge on any atom is 0.255 e. The molecule has 0 atom stereocenters. The van der Waals surface area contributed by atoms with E-state index in [4.69, 9.17) is 10.5 Å². The number of amides is 2. The summed E-state index contributed by atoms with van der Waals surface area (Å²) in [5, 5.41) is 6.19. The first-order valence-electron chi connectivity index (χ1n) is 7.37. The largest absolute Gasteiger partial charge is 0.484 e. The summed E-state index contributed by atoms with van der Waals surface area (Å²) in [6.45, 7) is 5.34. The van der Waals surface area contributed by atoms with Crippen LogP contribution in [0.4, 0.5) is 0 Å². The van der Waals surface area contributed by atoms with Crippen LogP contribution in [0.25, 0.3) is 0 Å². The molecule has 1 aliphatic rings. The topological polar surface area (TPSA) is 96.7 Å². The highest BCUT2D eigenvalue weighted by Crippen LogP contribution is 2.11. The number of nitrogens with zero attached hydrogens (tertiary/aromatic N) is 1. The fourth-order valence-electron chi connectivity index (χ4n) is 2.22. The van der Waals surface area contributed by atoms with Crippen molar-refractivity contribution in [1.29, 1.82) is 0 Å². The van der Waals surface area contributed by atoms with E-state index in [0.29, 0.717) is 17.9 Å². The van der Waals surface area contributed by atoms with Crippen molar-refractivity contribution >= 4 is 11.8 Å². The lowest BCUT2D eigenvalue weighted by atomic mass is 10.2. The van der Waals surface area contributed by atoms with E-state index in [2.05, 4.69) is 15.5 Å². The molecule has 7 nitrogen and oxygen atoms in total. The Morgan fingerprint density at radius 1 is 1.23 bits per heavy atom. The van der Waals surface area contributed by atoms with Gasteiger partial charge in [0.1, 0.15) is 5.75 Å². The van der Waals surface area contributed by atoms with Gasteiger partial charge in [-0.25, -0.2) is 0 Å². The standard InChI is InChI=1S/C15H22N4O3/c16-14(20)11-22-13-3-1-12(2-4-13)15(21)18-7-10-19-8-5-17-6-9-19/h1-4,17H,5-11H2,(H2,16,20)(H,18,21). The average Bonchev–Trinajstić information content (AvgIpc) is 2.54. The zero-order valence-electron chi connectivity index (χ0n) is 12.5. The third-order valence-corrected chi connectivity index (χ3v) is 3.42. The number of carbonyl (C=O) groups is 2. The number of piperazine rings is 1. The van der Waals surface area contributed by atoms with E-state index in [9.17, 15) is 9.59 Å². The van der Waals surface area contributed by atoms with E-state index in [-0.39, 0.29) is 12.5 Å². The molecule has 0 radical (unpaired) electrons. The highest BCUT2D eigenvalue weighted by Gasteiger charge is 2.10. The molecule has 0 unspecified atom stereocenters. The molecule has 2 rings (SSSR count). The fraction of sp³-hybridized carbons (Fsp3) is 0.467. The third-order valence-electron chi connectivity index (χ3n) is 3.42. The zero-order valence-corrected chi connectivity index (χ0v) is 12.5. The minimum absolute atomic E-state index is 0.114. The number of hydrogen-bond acceptors (Lipinski definition) is 5. The molecule has 1 heterocycles. The minimum Gasteiger partial charge on any atom is -0.484 e. The molecule has 1 fully saturated rings.